The molecule has 144 valence electrons. The van der Waals surface area contributed by atoms with Crippen LogP contribution in [0, 0.1) is 5.92 Å². The van der Waals surface area contributed by atoms with E-state index >= 15 is 0 Å². The summed E-state index contributed by atoms with van der Waals surface area (Å²) in [5.74, 6) is -0.155. The summed E-state index contributed by atoms with van der Waals surface area (Å²) in [6.07, 6.45) is -3.76. The van der Waals surface area contributed by atoms with E-state index in [0.717, 1.165) is 0 Å². The van der Waals surface area contributed by atoms with Crippen molar-refractivity contribution in [3.05, 3.63) is 24.3 Å². The molecule has 26 heavy (non-hydrogen) atoms. The number of carbonyl (C=O) groups excluding carboxylic acids is 2. The molecule has 2 amide bonds. The van der Waals surface area contributed by atoms with Crippen LogP contribution in [-0.2, 0) is 9.59 Å². The van der Waals surface area contributed by atoms with Gasteiger partial charge in [0.05, 0.1) is 7.11 Å². The van der Waals surface area contributed by atoms with Gasteiger partial charge in [0, 0.05) is 19.0 Å². The average molecular weight is 374 g/mol. The molecule has 1 aromatic carbocycles. The fourth-order valence-electron chi connectivity index (χ4n) is 2.63. The molecular weight excluding hydrogens is 353 g/mol. The summed E-state index contributed by atoms with van der Waals surface area (Å²) in [5.41, 5.74) is 0. The zero-order chi connectivity index (χ0) is 19.2. The predicted octanol–water partition coefficient (Wildman–Crippen LogP) is 1.99. The molecule has 0 bridgehead atoms. The highest BCUT2D eigenvalue weighted by Gasteiger charge is 2.31. The van der Waals surface area contributed by atoms with Crippen molar-refractivity contribution >= 4 is 11.8 Å². The Labute approximate surface area is 149 Å². The smallest absolute Gasteiger partial charge is 0.405 e. The lowest BCUT2D eigenvalue weighted by Crippen LogP contribution is -2.45. The van der Waals surface area contributed by atoms with Gasteiger partial charge >= 0.3 is 6.18 Å². The molecule has 1 aliphatic heterocycles. The Hall–Kier alpha value is -2.45. The number of likely N-dealkylation sites (tertiary alicyclic amines) is 1. The number of nitrogens with zero attached hydrogens (tertiary/aromatic N) is 1. The van der Waals surface area contributed by atoms with Crippen molar-refractivity contribution in [1.82, 2.24) is 10.2 Å². The number of benzene rings is 1. The van der Waals surface area contributed by atoms with Crippen LogP contribution in [0.5, 0.6) is 11.5 Å². The molecule has 1 aromatic rings. The summed E-state index contributed by atoms with van der Waals surface area (Å²) < 4.78 is 46.8. The minimum absolute atomic E-state index is 0.142. The summed E-state index contributed by atoms with van der Waals surface area (Å²) in [5, 5.41) is 1.89. The maximum absolute atomic E-state index is 12.2. The first-order chi connectivity index (χ1) is 12.3. The number of alkyl halides is 3. The molecule has 1 N–H and O–H groups in total. The number of amides is 2. The van der Waals surface area contributed by atoms with Gasteiger partial charge in [-0.2, -0.15) is 13.2 Å². The highest BCUT2D eigenvalue weighted by molar-refractivity contribution is 5.80. The van der Waals surface area contributed by atoms with E-state index in [0.29, 0.717) is 37.4 Å². The minimum atomic E-state index is -4.43. The molecule has 2 rings (SSSR count). The third kappa shape index (κ3) is 6.12. The van der Waals surface area contributed by atoms with Crippen molar-refractivity contribution in [2.75, 3.05) is 33.4 Å². The van der Waals surface area contributed by atoms with Crippen LogP contribution in [0.4, 0.5) is 13.2 Å². The summed E-state index contributed by atoms with van der Waals surface area (Å²) in [6.45, 7) is -0.845. The molecular formula is C17H21F3N2O4. The van der Waals surface area contributed by atoms with Crippen LogP contribution in [0.1, 0.15) is 12.8 Å². The van der Waals surface area contributed by atoms with E-state index in [-0.39, 0.29) is 12.5 Å². The van der Waals surface area contributed by atoms with Crippen molar-refractivity contribution in [2.45, 2.75) is 19.0 Å². The number of hydrogen-bond donors (Lipinski definition) is 1. The topological polar surface area (TPSA) is 67.9 Å². The van der Waals surface area contributed by atoms with Gasteiger partial charge in [0.15, 0.2) is 6.61 Å². The van der Waals surface area contributed by atoms with E-state index < -0.39 is 24.5 Å². The van der Waals surface area contributed by atoms with E-state index in [9.17, 15) is 22.8 Å². The van der Waals surface area contributed by atoms with Gasteiger partial charge < -0.3 is 19.7 Å². The lowest BCUT2D eigenvalue weighted by molar-refractivity contribution is -0.143. The van der Waals surface area contributed by atoms with Crippen molar-refractivity contribution in [3.8, 4) is 11.5 Å². The standard InChI is InChI=1S/C17H21F3N2O4/c1-25-13-2-4-14(5-3-13)26-10-15(23)22-8-6-12(7-9-22)16(24)21-11-17(18,19)20/h2-5,12H,6-11H2,1H3,(H,21,24). The molecule has 6 nitrogen and oxygen atoms in total. The van der Waals surface area contributed by atoms with Gasteiger partial charge in [-0.25, -0.2) is 0 Å². The maximum Gasteiger partial charge on any atom is 0.405 e. The first-order valence-electron chi connectivity index (χ1n) is 8.17. The third-order valence-corrected chi connectivity index (χ3v) is 4.10. The second-order valence-corrected chi connectivity index (χ2v) is 5.95. The van der Waals surface area contributed by atoms with E-state index in [2.05, 4.69) is 0 Å². The number of piperidine rings is 1. The van der Waals surface area contributed by atoms with Gasteiger partial charge in [-0.05, 0) is 37.1 Å². The molecule has 0 spiro atoms. The SMILES string of the molecule is COc1ccc(OCC(=O)N2CCC(C(=O)NCC(F)(F)F)CC2)cc1. The third-order valence-electron chi connectivity index (χ3n) is 4.10. The Bertz CT molecular complexity index is 611. The van der Waals surface area contributed by atoms with Crippen LogP contribution >= 0.6 is 0 Å². The Morgan fingerprint density at radius 2 is 1.73 bits per heavy atom. The molecule has 0 unspecified atom stereocenters. The zero-order valence-electron chi connectivity index (χ0n) is 14.3. The largest absolute Gasteiger partial charge is 0.497 e. The van der Waals surface area contributed by atoms with Crippen molar-refractivity contribution in [3.63, 3.8) is 0 Å². The number of carbonyl (C=O) groups is 2. The van der Waals surface area contributed by atoms with Gasteiger partial charge in [0.1, 0.15) is 18.0 Å². The van der Waals surface area contributed by atoms with E-state index in [1.807, 2.05) is 5.32 Å². The average Bonchev–Trinajstić information content (AvgIpc) is 2.64. The second-order valence-electron chi connectivity index (χ2n) is 5.95. The number of halogens is 3. The highest BCUT2D eigenvalue weighted by atomic mass is 19.4. The molecule has 0 radical (unpaired) electrons. The van der Waals surface area contributed by atoms with Gasteiger partial charge in [-0.3, -0.25) is 9.59 Å². The summed E-state index contributed by atoms with van der Waals surface area (Å²) in [6, 6.07) is 6.79. The number of methoxy groups -OCH3 is 1. The van der Waals surface area contributed by atoms with Gasteiger partial charge in [0.2, 0.25) is 5.91 Å². The Balaban J connectivity index is 1.72. The maximum atomic E-state index is 12.2. The minimum Gasteiger partial charge on any atom is -0.497 e. The molecule has 0 atom stereocenters. The van der Waals surface area contributed by atoms with Crippen LogP contribution in [0.2, 0.25) is 0 Å². The normalized spacial score (nSPS) is 15.5. The van der Waals surface area contributed by atoms with Crippen molar-refractivity contribution in [1.29, 1.82) is 0 Å². The summed E-state index contributed by atoms with van der Waals surface area (Å²) in [7, 11) is 1.55. The van der Waals surface area contributed by atoms with E-state index in [4.69, 9.17) is 9.47 Å². The number of rotatable bonds is 6. The number of nitrogens with one attached hydrogen (secondary N) is 1. The fourth-order valence-corrected chi connectivity index (χ4v) is 2.63. The molecule has 0 saturated carbocycles. The van der Waals surface area contributed by atoms with Crippen LogP contribution in [0.15, 0.2) is 24.3 Å². The first-order valence-corrected chi connectivity index (χ1v) is 8.17. The van der Waals surface area contributed by atoms with Gasteiger partial charge in [0.25, 0.3) is 5.91 Å². The molecule has 1 saturated heterocycles. The monoisotopic (exact) mass is 374 g/mol. The first kappa shape index (κ1) is 19.9. The lowest BCUT2D eigenvalue weighted by atomic mass is 9.96. The van der Waals surface area contributed by atoms with Crippen LogP contribution < -0.4 is 14.8 Å². The molecule has 0 aliphatic carbocycles. The van der Waals surface area contributed by atoms with Crippen molar-refractivity contribution in [2.24, 2.45) is 5.92 Å². The zero-order valence-corrected chi connectivity index (χ0v) is 14.3. The molecule has 9 heteroatoms. The lowest BCUT2D eigenvalue weighted by Gasteiger charge is -2.31. The van der Waals surface area contributed by atoms with Crippen LogP contribution in [-0.4, -0.2) is 56.2 Å². The van der Waals surface area contributed by atoms with Crippen molar-refractivity contribution < 1.29 is 32.2 Å². The summed E-state index contributed by atoms with van der Waals surface area (Å²) >= 11 is 0. The summed E-state index contributed by atoms with van der Waals surface area (Å²) in [4.78, 5) is 25.4. The van der Waals surface area contributed by atoms with Crippen LogP contribution in [0.3, 0.4) is 0 Å². The quantitative estimate of drug-likeness (QED) is 0.827. The number of hydrogen-bond acceptors (Lipinski definition) is 4. The Kier molecular flexibility index (Phi) is 6.70. The molecule has 0 aromatic heterocycles. The Morgan fingerprint density at radius 1 is 1.15 bits per heavy atom. The second kappa shape index (κ2) is 8.77. The molecule has 1 aliphatic rings. The van der Waals surface area contributed by atoms with Gasteiger partial charge in [-0.15, -0.1) is 0 Å². The molecule has 1 heterocycles. The molecule has 1 fully saturated rings. The fraction of sp³-hybridized carbons (Fsp3) is 0.529. The van der Waals surface area contributed by atoms with Gasteiger partial charge in [-0.1, -0.05) is 0 Å². The highest BCUT2D eigenvalue weighted by Crippen LogP contribution is 2.20. The predicted molar refractivity (Wildman–Crippen MR) is 86.9 cm³/mol. The Morgan fingerprint density at radius 3 is 2.27 bits per heavy atom. The number of ether oxygens (including phenoxy) is 2. The van der Waals surface area contributed by atoms with E-state index in [1.54, 1.807) is 36.3 Å². The van der Waals surface area contributed by atoms with Crippen LogP contribution in [0.25, 0.3) is 0 Å². The van der Waals surface area contributed by atoms with E-state index in [1.165, 1.54) is 0 Å².